The van der Waals surface area contributed by atoms with Gasteiger partial charge in [0.1, 0.15) is 0 Å². The normalized spacial score (nSPS) is 21.3. The van der Waals surface area contributed by atoms with Gasteiger partial charge in [-0.05, 0) is 39.1 Å². The minimum atomic E-state index is 0.695. The molecule has 1 heterocycles. The number of rotatable bonds is 3. The molecule has 0 amide bonds. The molecule has 2 rings (SSSR count). The third-order valence-electron chi connectivity index (χ3n) is 3.67. The van der Waals surface area contributed by atoms with Gasteiger partial charge in [-0.2, -0.15) is 0 Å². The van der Waals surface area contributed by atoms with Crippen LogP contribution in [0.4, 0.5) is 5.69 Å². The Bertz CT molecular complexity index is 387. The van der Waals surface area contributed by atoms with Crippen molar-refractivity contribution in [3.63, 3.8) is 0 Å². The van der Waals surface area contributed by atoms with Gasteiger partial charge in [0.25, 0.3) is 0 Å². The Morgan fingerprint density at radius 1 is 1.41 bits per heavy atom. The SMILES string of the molecule is Cc1ccc(N)c(CN2CCC(N(C)C)C2)c1. The number of nitrogens with zero attached hydrogens (tertiary/aromatic N) is 2. The van der Waals surface area contributed by atoms with E-state index in [1.165, 1.54) is 24.1 Å². The molecule has 1 aliphatic heterocycles. The lowest BCUT2D eigenvalue weighted by Gasteiger charge is -2.21. The molecule has 0 spiro atoms. The van der Waals surface area contributed by atoms with Gasteiger partial charge >= 0.3 is 0 Å². The van der Waals surface area contributed by atoms with Crippen molar-refractivity contribution in [1.29, 1.82) is 0 Å². The molecule has 0 radical (unpaired) electrons. The number of likely N-dealkylation sites (N-methyl/N-ethyl adjacent to an activating group) is 1. The van der Waals surface area contributed by atoms with Crippen LogP contribution in [-0.4, -0.2) is 43.0 Å². The topological polar surface area (TPSA) is 32.5 Å². The van der Waals surface area contributed by atoms with Crippen LogP contribution < -0.4 is 5.73 Å². The van der Waals surface area contributed by atoms with Gasteiger partial charge in [-0.25, -0.2) is 0 Å². The molecule has 3 nitrogen and oxygen atoms in total. The molecule has 1 fully saturated rings. The van der Waals surface area contributed by atoms with Gasteiger partial charge in [0, 0.05) is 31.4 Å². The molecule has 0 aromatic heterocycles. The number of hydrogen-bond acceptors (Lipinski definition) is 3. The van der Waals surface area contributed by atoms with Gasteiger partial charge in [0.05, 0.1) is 0 Å². The van der Waals surface area contributed by atoms with Crippen molar-refractivity contribution in [2.75, 3.05) is 32.9 Å². The zero-order chi connectivity index (χ0) is 12.4. The van der Waals surface area contributed by atoms with Gasteiger partial charge in [0.15, 0.2) is 0 Å². The summed E-state index contributed by atoms with van der Waals surface area (Å²) < 4.78 is 0. The molecular weight excluding hydrogens is 210 g/mol. The van der Waals surface area contributed by atoms with Crippen molar-refractivity contribution in [2.24, 2.45) is 0 Å². The number of benzene rings is 1. The van der Waals surface area contributed by atoms with Crippen LogP contribution in [0.3, 0.4) is 0 Å². The van der Waals surface area contributed by atoms with E-state index in [2.05, 4.69) is 43.0 Å². The van der Waals surface area contributed by atoms with Crippen LogP contribution in [0.2, 0.25) is 0 Å². The lowest BCUT2D eigenvalue weighted by atomic mass is 10.1. The maximum atomic E-state index is 6.02. The summed E-state index contributed by atoms with van der Waals surface area (Å²) in [5.74, 6) is 0. The van der Waals surface area contributed by atoms with Crippen molar-refractivity contribution < 1.29 is 0 Å². The molecule has 0 bridgehead atoms. The molecular formula is C14H23N3. The first-order chi connectivity index (χ1) is 8.06. The third kappa shape index (κ3) is 2.99. The highest BCUT2D eigenvalue weighted by molar-refractivity contribution is 5.48. The zero-order valence-electron chi connectivity index (χ0n) is 11.1. The van der Waals surface area contributed by atoms with Crippen molar-refractivity contribution in [3.8, 4) is 0 Å². The average Bonchev–Trinajstić information content (AvgIpc) is 2.72. The van der Waals surface area contributed by atoms with E-state index in [-0.39, 0.29) is 0 Å². The first-order valence-electron chi connectivity index (χ1n) is 6.30. The van der Waals surface area contributed by atoms with E-state index < -0.39 is 0 Å². The molecule has 1 aromatic rings. The Morgan fingerprint density at radius 3 is 2.82 bits per heavy atom. The average molecular weight is 233 g/mol. The van der Waals surface area contributed by atoms with E-state index in [1.807, 2.05) is 6.07 Å². The van der Waals surface area contributed by atoms with E-state index in [0.29, 0.717) is 6.04 Å². The van der Waals surface area contributed by atoms with Crippen molar-refractivity contribution in [1.82, 2.24) is 9.80 Å². The lowest BCUT2D eigenvalue weighted by molar-refractivity contribution is 0.265. The van der Waals surface area contributed by atoms with E-state index >= 15 is 0 Å². The number of hydrogen-bond donors (Lipinski definition) is 1. The van der Waals surface area contributed by atoms with Crippen molar-refractivity contribution in [3.05, 3.63) is 29.3 Å². The molecule has 2 N–H and O–H groups in total. The lowest BCUT2D eigenvalue weighted by Crippen LogP contribution is -2.31. The minimum Gasteiger partial charge on any atom is -0.398 e. The van der Waals surface area contributed by atoms with Gasteiger partial charge in [-0.1, -0.05) is 17.7 Å². The molecule has 17 heavy (non-hydrogen) atoms. The van der Waals surface area contributed by atoms with Gasteiger partial charge < -0.3 is 10.6 Å². The molecule has 1 atom stereocenters. The molecule has 1 aromatic carbocycles. The maximum absolute atomic E-state index is 6.02. The van der Waals surface area contributed by atoms with E-state index in [0.717, 1.165) is 18.8 Å². The minimum absolute atomic E-state index is 0.695. The van der Waals surface area contributed by atoms with Crippen LogP contribution in [0.1, 0.15) is 17.5 Å². The second kappa shape index (κ2) is 5.07. The van der Waals surface area contributed by atoms with Crippen LogP contribution in [0.15, 0.2) is 18.2 Å². The number of anilines is 1. The molecule has 0 aliphatic carbocycles. The summed E-state index contributed by atoms with van der Waals surface area (Å²) in [5, 5.41) is 0. The number of nitrogen functional groups attached to an aromatic ring is 1. The molecule has 1 unspecified atom stereocenters. The van der Waals surface area contributed by atoms with Crippen LogP contribution >= 0.6 is 0 Å². The Hall–Kier alpha value is -1.06. The summed E-state index contributed by atoms with van der Waals surface area (Å²) in [6.07, 6.45) is 1.26. The third-order valence-corrected chi connectivity index (χ3v) is 3.67. The Morgan fingerprint density at radius 2 is 2.18 bits per heavy atom. The molecule has 1 aliphatic rings. The highest BCUT2D eigenvalue weighted by Gasteiger charge is 2.24. The van der Waals surface area contributed by atoms with Crippen LogP contribution in [0.5, 0.6) is 0 Å². The predicted molar refractivity (Wildman–Crippen MR) is 73.0 cm³/mol. The summed E-state index contributed by atoms with van der Waals surface area (Å²) in [6.45, 7) is 5.43. The quantitative estimate of drug-likeness (QED) is 0.807. The van der Waals surface area contributed by atoms with E-state index in [4.69, 9.17) is 5.73 Å². The monoisotopic (exact) mass is 233 g/mol. The fourth-order valence-corrected chi connectivity index (χ4v) is 2.49. The zero-order valence-corrected chi connectivity index (χ0v) is 11.1. The summed E-state index contributed by atoms with van der Waals surface area (Å²) in [4.78, 5) is 4.81. The molecule has 94 valence electrons. The fourth-order valence-electron chi connectivity index (χ4n) is 2.49. The standard InChI is InChI=1S/C14H23N3/c1-11-4-5-14(15)12(8-11)9-17-7-6-13(10-17)16(2)3/h4-5,8,13H,6-7,9-10,15H2,1-3H3. The second-order valence-electron chi connectivity index (χ2n) is 5.34. The maximum Gasteiger partial charge on any atom is 0.0359 e. The smallest absolute Gasteiger partial charge is 0.0359 e. The van der Waals surface area contributed by atoms with Crippen LogP contribution in [0.25, 0.3) is 0 Å². The first kappa shape index (κ1) is 12.4. The van der Waals surface area contributed by atoms with E-state index in [1.54, 1.807) is 0 Å². The van der Waals surface area contributed by atoms with Gasteiger partial charge in [0.2, 0.25) is 0 Å². The summed E-state index contributed by atoms with van der Waals surface area (Å²) in [7, 11) is 4.32. The summed E-state index contributed by atoms with van der Waals surface area (Å²) in [5.41, 5.74) is 9.50. The predicted octanol–water partition coefficient (Wildman–Crippen LogP) is 1.71. The van der Waals surface area contributed by atoms with Gasteiger partial charge in [-0.15, -0.1) is 0 Å². The molecule has 0 saturated carbocycles. The highest BCUT2D eigenvalue weighted by Crippen LogP contribution is 2.20. The summed E-state index contributed by atoms with van der Waals surface area (Å²) in [6, 6.07) is 6.99. The first-order valence-corrected chi connectivity index (χ1v) is 6.30. The second-order valence-corrected chi connectivity index (χ2v) is 5.34. The van der Waals surface area contributed by atoms with Crippen LogP contribution in [-0.2, 0) is 6.54 Å². The Labute approximate surface area is 104 Å². The Balaban J connectivity index is 2.00. The van der Waals surface area contributed by atoms with Gasteiger partial charge in [-0.3, -0.25) is 4.90 Å². The number of aryl methyl sites for hydroxylation is 1. The molecule has 1 saturated heterocycles. The van der Waals surface area contributed by atoms with E-state index in [9.17, 15) is 0 Å². The number of nitrogens with two attached hydrogens (primary N) is 1. The summed E-state index contributed by atoms with van der Waals surface area (Å²) >= 11 is 0. The van der Waals surface area contributed by atoms with Crippen molar-refractivity contribution >= 4 is 5.69 Å². The van der Waals surface area contributed by atoms with Crippen molar-refractivity contribution in [2.45, 2.75) is 25.9 Å². The Kier molecular flexibility index (Phi) is 3.69. The highest BCUT2D eigenvalue weighted by atomic mass is 15.2. The number of likely N-dealkylation sites (tertiary alicyclic amines) is 1. The van der Waals surface area contributed by atoms with Crippen LogP contribution in [0, 0.1) is 6.92 Å². The molecule has 3 heteroatoms. The fraction of sp³-hybridized carbons (Fsp3) is 0.571. The largest absolute Gasteiger partial charge is 0.398 e.